The highest BCUT2D eigenvalue weighted by atomic mass is 79.9. The standard InChI is InChI=1S/C21H22BrN3O2S2/c1-16-2-6-18(7-3-16)20-15-28-21(23-20)24-10-12-25(13-11-24)29(26,27)19-8-4-17(14-22)5-9-19/h2-9,15H,10-14H2,1H3. The summed E-state index contributed by atoms with van der Waals surface area (Å²) < 4.78 is 27.4. The third kappa shape index (κ3) is 4.40. The quantitative estimate of drug-likeness (QED) is 0.492. The Bertz CT molecular complexity index is 1070. The molecule has 1 saturated heterocycles. The molecule has 29 heavy (non-hydrogen) atoms. The number of rotatable bonds is 5. The van der Waals surface area contributed by atoms with Crippen molar-refractivity contribution >= 4 is 42.4 Å². The maximum Gasteiger partial charge on any atom is 0.243 e. The molecule has 1 aromatic heterocycles. The highest BCUT2D eigenvalue weighted by Crippen LogP contribution is 2.29. The number of halogens is 1. The van der Waals surface area contributed by atoms with Gasteiger partial charge in [0, 0.05) is 42.5 Å². The lowest BCUT2D eigenvalue weighted by atomic mass is 10.1. The average molecular weight is 492 g/mol. The van der Waals surface area contributed by atoms with Gasteiger partial charge in [-0.2, -0.15) is 4.31 Å². The van der Waals surface area contributed by atoms with E-state index >= 15 is 0 Å². The molecule has 0 radical (unpaired) electrons. The van der Waals surface area contributed by atoms with Crippen LogP contribution in [0.4, 0.5) is 5.13 Å². The molecule has 0 bridgehead atoms. The summed E-state index contributed by atoms with van der Waals surface area (Å²) >= 11 is 4.99. The van der Waals surface area contributed by atoms with Gasteiger partial charge in [-0.15, -0.1) is 11.3 Å². The van der Waals surface area contributed by atoms with E-state index in [-0.39, 0.29) is 0 Å². The third-order valence-corrected chi connectivity index (χ3v) is 8.53. The number of anilines is 1. The van der Waals surface area contributed by atoms with Gasteiger partial charge in [0.1, 0.15) is 0 Å². The lowest BCUT2D eigenvalue weighted by Gasteiger charge is -2.33. The Morgan fingerprint density at radius 3 is 2.28 bits per heavy atom. The molecule has 152 valence electrons. The molecule has 0 amide bonds. The number of piperazine rings is 1. The van der Waals surface area contributed by atoms with Crippen molar-refractivity contribution in [3.8, 4) is 11.3 Å². The van der Waals surface area contributed by atoms with Gasteiger partial charge < -0.3 is 4.90 Å². The molecule has 0 atom stereocenters. The normalized spacial score (nSPS) is 15.6. The Hall–Kier alpha value is -1.74. The van der Waals surface area contributed by atoms with Gasteiger partial charge in [-0.1, -0.05) is 57.9 Å². The molecule has 8 heteroatoms. The van der Waals surface area contributed by atoms with E-state index in [1.54, 1.807) is 27.8 Å². The SMILES string of the molecule is Cc1ccc(-c2csc(N3CCN(S(=O)(=O)c4ccc(CBr)cc4)CC3)n2)cc1. The highest BCUT2D eigenvalue weighted by Gasteiger charge is 2.29. The number of alkyl halides is 1. The Morgan fingerprint density at radius 2 is 1.66 bits per heavy atom. The zero-order chi connectivity index (χ0) is 20.4. The fourth-order valence-corrected chi connectivity index (χ4v) is 5.97. The summed E-state index contributed by atoms with van der Waals surface area (Å²) in [5, 5.41) is 3.72. The Morgan fingerprint density at radius 1 is 1.00 bits per heavy atom. The number of thiazole rings is 1. The minimum Gasteiger partial charge on any atom is -0.345 e. The van der Waals surface area contributed by atoms with Crippen LogP contribution in [0.5, 0.6) is 0 Å². The van der Waals surface area contributed by atoms with E-state index in [4.69, 9.17) is 4.98 Å². The second-order valence-corrected chi connectivity index (χ2v) is 10.4. The van der Waals surface area contributed by atoms with Gasteiger partial charge in [-0.25, -0.2) is 13.4 Å². The number of hydrogen-bond donors (Lipinski definition) is 0. The Balaban J connectivity index is 1.43. The van der Waals surface area contributed by atoms with Gasteiger partial charge in [0.25, 0.3) is 0 Å². The number of nitrogens with zero attached hydrogens (tertiary/aromatic N) is 3. The van der Waals surface area contributed by atoms with E-state index < -0.39 is 10.0 Å². The first-order chi connectivity index (χ1) is 14.0. The van der Waals surface area contributed by atoms with Crippen LogP contribution in [0.2, 0.25) is 0 Å². The summed E-state index contributed by atoms with van der Waals surface area (Å²) in [7, 11) is -3.46. The minimum absolute atomic E-state index is 0.353. The van der Waals surface area contributed by atoms with Crippen molar-refractivity contribution in [3.63, 3.8) is 0 Å². The zero-order valence-corrected chi connectivity index (χ0v) is 19.3. The fourth-order valence-electron chi connectivity index (χ4n) is 3.29. The minimum atomic E-state index is -3.46. The second kappa shape index (κ2) is 8.55. The lowest BCUT2D eigenvalue weighted by molar-refractivity contribution is 0.385. The van der Waals surface area contributed by atoms with E-state index in [0.29, 0.717) is 36.4 Å². The predicted molar refractivity (Wildman–Crippen MR) is 122 cm³/mol. The molecule has 0 saturated carbocycles. The Kier molecular flexibility index (Phi) is 6.06. The van der Waals surface area contributed by atoms with Gasteiger partial charge in [0.2, 0.25) is 10.0 Å². The zero-order valence-electron chi connectivity index (χ0n) is 16.1. The third-order valence-electron chi connectivity index (χ3n) is 5.06. The van der Waals surface area contributed by atoms with Gasteiger partial charge >= 0.3 is 0 Å². The van der Waals surface area contributed by atoms with Crippen molar-refractivity contribution in [2.45, 2.75) is 17.1 Å². The molecule has 1 fully saturated rings. The topological polar surface area (TPSA) is 53.5 Å². The van der Waals surface area contributed by atoms with E-state index in [2.05, 4.69) is 57.4 Å². The molecule has 2 heterocycles. The van der Waals surface area contributed by atoms with Crippen LogP contribution in [0, 0.1) is 6.92 Å². The molecule has 0 aliphatic carbocycles. The lowest BCUT2D eigenvalue weighted by Crippen LogP contribution is -2.48. The van der Waals surface area contributed by atoms with E-state index in [9.17, 15) is 8.42 Å². The van der Waals surface area contributed by atoms with Gasteiger partial charge in [-0.3, -0.25) is 0 Å². The monoisotopic (exact) mass is 491 g/mol. The van der Waals surface area contributed by atoms with Gasteiger partial charge in [0.05, 0.1) is 10.6 Å². The molecular formula is C21H22BrN3O2S2. The van der Waals surface area contributed by atoms with Crippen LogP contribution in [0.3, 0.4) is 0 Å². The van der Waals surface area contributed by atoms with Crippen molar-refractivity contribution in [2.75, 3.05) is 31.1 Å². The molecule has 1 aliphatic rings. The molecule has 3 aromatic rings. The number of hydrogen-bond acceptors (Lipinski definition) is 5. The van der Waals surface area contributed by atoms with Crippen LogP contribution in [-0.4, -0.2) is 43.9 Å². The molecule has 0 unspecified atom stereocenters. The summed E-state index contributed by atoms with van der Waals surface area (Å²) in [6.45, 7) is 4.27. The Labute approximate surface area is 184 Å². The van der Waals surface area contributed by atoms with Crippen LogP contribution in [-0.2, 0) is 15.4 Å². The summed E-state index contributed by atoms with van der Waals surface area (Å²) in [6.07, 6.45) is 0. The summed E-state index contributed by atoms with van der Waals surface area (Å²) in [4.78, 5) is 7.29. The van der Waals surface area contributed by atoms with Gasteiger partial charge in [0.15, 0.2) is 5.13 Å². The first-order valence-corrected chi connectivity index (χ1v) is 12.8. The maximum absolute atomic E-state index is 12.9. The van der Waals surface area contributed by atoms with Crippen molar-refractivity contribution in [3.05, 3.63) is 65.0 Å². The van der Waals surface area contributed by atoms with E-state index in [1.807, 2.05) is 12.1 Å². The van der Waals surface area contributed by atoms with Crippen LogP contribution < -0.4 is 4.90 Å². The van der Waals surface area contributed by atoms with E-state index in [0.717, 1.165) is 22.0 Å². The van der Waals surface area contributed by atoms with Crippen molar-refractivity contribution < 1.29 is 8.42 Å². The molecule has 0 N–H and O–H groups in total. The molecule has 2 aromatic carbocycles. The van der Waals surface area contributed by atoms with Crippen LogP contribution >= 0.6 is 27.3 Å². The van der Waals surface area contributed by atoms with Crippen molar-refractivity contribution in [1.82, 2.24) is 9.29 Å². The number of aryl methyl sites for hydroxylation is 1. The predicted octanol–water partition coefficient (Wildman–Crippen LogP) is 4.52. The maximum atomic E-state index is 12.9. The van der Waals surface area contributed by atoms with Crippen molar-refractivity contribution in [1.29, 1.82) is 0 Å². The largest absolute Gasteiger partial charge is 0.345 e. The smallest absolute Gasteiger partial charge is 0.243 e. The number of aromatic nitrogens is 1. The summed E-state index contributed by atoms with van der Waals surface area (Å²) in [6, 6.07) is 15.4. The molecule has 1 aliphatic heterocycles. The average Bonchev–Trinajstić information content (AvgIpc) is 3.24. The van der Waals surface area contributed by atoms with Crippen LogP contribution in [0.25, 0.3) is 11.3 Å². The second-order valence-electron chi connectivity index (χ2n) is 7.05. The summed E-state index contributed by atoms with van der Waals surface area (Å²) in [5.41, 5.74) is 4.35. The molecular weight excluding hydrogens is 470 g/mol. The number of benzene rings is 2. The number of sulfonamides is 1. The van der Waals surface area contributed by atoms with E-state index in [1.165, 1.54) is 5.56 Å². The first-order valence-electron chi connectivity index (χ1n) is 9.40. The molecule has 4 rings (SSSR count). The van der Waals surface area contributed by atoms with Crippen LogP contribution in [0.1, 0.15) is 11.1 Å². The van der Waals surface area contributed by atoms with Gasteiger partial charge in [-0.05, 0) is 24.6 Å². The van der Waals surface area contributed by atoms with Crippen molar-refractivity contribution in [2.24, 2.45) is 0 Å². The fraction of sp³-hybridized carbons (Fsp3) is 0.286. The molecule has 0 spiro atoms. The van der Waals surface area contributed by atoms with Crippen LogP contribution in [0.15, 0.2) is 58.8 Å². The highest BCUT2D eigenvalue weighted by molar-refractivity contribution is 9.08. The first kappa shape index (κ1) is 20.5. The summed E-state index contributed by atoms with van der Waals surface area (Å²) in [5.74, 6) is 0. The molecule has 5 nitrogen and oxygen atoms in total.